The summed E-state index contributed by atoms with van der Waals surface area (Å²) in [5.74, 6) is 0.985. The van der Waals surface area contributed by atoms with Crippen LogP contribution in [0.25, 0.3) is 0 Å². The van der Waals surface area contributed by atoms with Gasteiger partial charge in [-0.1, -0.05) is 25.5 Å². The molecule has 1 saturated heterocycles. The number of hydrogen-bond donors (Lipinski definition) is 1. The molecule has 1 aromatic rings. The fraction of sp³-hybridized carbons (Fsp3) is 0.588. The zero-order chi connectivity index (χ0) is 15.1. The van der Waals surface area contributed by atoms with Crippen LogP contribution < -0.4 is 10.1 Å². The van der Waals surface area contributed by atoms with E-state index in [-0.39, 0.29) is 11.9 Å². The van der Waals surface area contributed by atoms with Gasteiger partial charge in [0, 0.05) is 13.0 Å². The third-order valence-corrected chi connectivity index (χ3v) is 4.15. The highest BCUT2D eigenvalue weighted by Gasteiger charge is 2.22. The van der Waals surface area contributed by atoms with E-state index < -0.39 is 0 Å². The van der Waals surface area contributed by atoms with E-state index in [2.05, 4.69) is 22.3 Å². The first-order valence-electron chi connectivity index (χ1n) is 7.89. The lowest BCUT2D eigenvalue weighted by Crippen LogP contribution is -2.40. The average Bonchev–Trinajstić information content (AvgIpc) is 2.56. The number of benzene rings is 1. The van der Waals surface area contributed by atoms with Gasteiger partial charge in [-0.15, -0.1) is 0 Å². The number of amides is 1. The van der Waals surface area contributed by atoms with Crippen molar-refractivity contribution in [3.05, 3.63) is 29.8 Å². The lowest BCUT2D eigenvalue weighted by atomic mass is 10.0. The maximum absolute atomic E-state index is 11.6. The van der Waals surface area contributed by atoms with E-state index in [1.54, 1.807) is 7.11 Å². The van der Waals surface area contributed by atoms with Crippen LogP contribution in [0.1, 0.15) is 44.2 Å². The maximum Gasteiger partial charge on any atom is 0.219 e. The van der Waals surface area contributed by atoms with Gasteiger partial charge in [0.1, 0.15) is 5.75 Å². The summed E-state index contributed by atoms with van der Waals surface area (Å²) in [5.41, 5.74) is 1.24. The van der Waals surface area contributed by atoms with E-state index in [9.17, 15) is 4.79 Å². The van der Waals surface area contributed by atoms with E-state index in [0.29, 0.717) is 13.0 Å². The molecule has 0 spiro atoms. The molecule has 1 aliphatic heterocycles. The van der Waals surface area contributed by atoms with Gasteiger partial charge in [-0.05, 0) is 43.6 Å². The van der Waals surface area contributed by atoms with Gasteiger partial charge in [0.05, 0.1) is 13.2 Å². The van der Waals surface area contributed by atoms with Crippen LogP contribution in [-0.2, 0) is 4.79 Å². The molecule has 1 fully saturated rings. The molecule has 0 aromatic heterocycles. The normalized spacial score (nSPS) is 17.2. The van der Waals surface area contributed by atoms with Crippen LogP contribution in [0.2, 0.25) is 0 Å². The molecule has 1 aromatic carbocycles. The Labute approximate surface area is 127 Å². The predicted octanol–water partition coefficient (Wildman–Crippen LogP) is 2.75. The first-order chi connectivity index (χ1) is 10.2. The standard InChI is InChI=1S/C17H26N2O2/c1-3-17(20)18-13-16(19-11-5-4-6-12-19)14-7-9-15(21-2)10-8-14/h7-10,16H,3-6,11-13H2,1-2H3,(H,18,20)/t16-/m1/s1. The van der Waals surface area contributed by atoms with Crippen molar-refractivity contribution in [2.24, 2.45) is 0 Å². The number of rotatable bonds is 6. The number of carbonyl (C=O) groups is 1. The summed E-state index contributed by atoms with van der Waals surface area (Å²) in [6.07, 6.45) is 4.34. The summed E-state index contributed by atoms with van der Waals surface area (Å²) in [6, 6.07) is 8.46. The lowest BCUT2D eigenvalue weighted by molar-refractivity contribution is -0.121. The SMILES string of the molecule is CCC(=O)NC[C@H](c1ccc(OC)cc1)N1CCCCC1. The average molecular weight is 290 g/mol. The number of methoxy groups -OCH3 is 1. The maximum atomic E-state index is 11.6. The molecule has 4 nitrogen and oxygen atoms in total. The van der Waals surface area contributed by atoms with Crippen molar-refractivity contribution < 1.29 is 9.53 Å². The van der Waals surface area contributed by atoms with Crippen molar-refractivity contribution in [1.29, 1.82) is 0 Å². The minimum atomic E-state index is 0.116. The highest BCUT2D eigenvalue weighted by Crippen LogP contribution is 2.25. The van der Waals surface area contributed by atoms with Crippen molar-refractivity contribution >= 4 is 5.91 Å². The van der Waals surface area contributed by atoms with Gasteiger partial charge in [-0.25, -0.2) is 0 Å². The molecule has 0 aliphatic carbocycles. The molecule has 1 heterocycles. The summed E-state index contributed by atoms with van der Waals surface area (Å²) < 4.78 is 5.23. The molecule has 2 rings (SSSR count). The molecule has 0 unspecified atom stereocenters. The molecule has 0 saturated carbocycles. The van der Waals surface area contributed by atoms with Gasteiger partial charge < -0.3 is 10.1 Å². The second-order valence-electron chi connectivity index (χ2n) is 5.54. The zero-order valence-corrected chi connectivity index (χ0v) is 13.1. The van der Waals surface area contributed by atoms with Crippen molar-refractivity contribution in [1.82, 2.24) is 10.2 Å². The molecule has 0 bridgehead atoms. The van der Waals surface area contributed by atoms with Gasteiger partial charge >= 0.3 is 0 Å². The monoisotopic (exact) mass is 290 g/mol. The molecule has 1 N–H and O–H groups in total. The summed E-state index contributed by atoms with van der Waals surface area (Å²) in [5, 5.41) is 3.04. The zero-order valence-electron chi connectivity index (χ0n) is 13.1. The van der Waals surface area contributed by atoms with Gasteiger partial charge in [0.15, 0.2) is 0 Å². The minimum Gasteiger partial charge on any atom is -0.497 e. The van der Waals surface area contributed by atoms with E-state index >= 15 is 0 Å². The smallest absolute Gasteiger partial charge is 0.219 e. The number of likely N-dealkylation sites (tertiary alicyclic amines) is 1. The van der Waals surface area contributed by atoms with Crippen LogP contribution in [0.15, 0.2) is 24.3 Å². The van der Waals surface area contributed by atoms with Gasteiger partial charge in [0.25, 0.3) is 0 Å². The van der Waals surface area contributed by atoms with E-state index in [4.69, 9.17) is 4.74 Å². The Morgan fingerprint density at radius 1 is 1.24 bits per heavy atom. The van der Waals surface area contributed by atoms with Crippen LogP contribution in [0, 0.1) is 0 Å². The van der Waals surface area contributed by atoms with Gasteiger partial charge in [-0.3, -0.25) is 9.69 Å². The van der Waals surface area contributed by atoms with E-state index in [0.717, 1.165) is 18.8 Å². The Hall–Kier alpha value is -1.55. The number of nitrogens with one attached hydrogen (secondary N) is 1. The highest BCUT2D eigenvalue weighted by atomic mass is 16.5. The number of carbonyl (C=O) groups excluding carboxylic acids is 1. The molecule has 116 valence electrons. The van der Waals surface area contributed by atoms with Crippen LogP contribution in [0.4, 0.5) is 0 Å². The third kappa shape index (κ3) is 4.46. The van der Waals surface area contributed by atoms with Crippen molar-refractivity contribution in [2.45, 2.75) is 38.6 Å². The van der Waals surface area contributed by atoms with Gasteiger partial charge in [-0.2, -0.15) is 0 Å². The highest BCUT2D eigenvalue weighted by molar-refractivity contribution is 5.75. The number of ether oxygens (including phenoxy) is 1. The van der Waals surface area contributed by atoms with Crippen LogP contribution in [-0.4, -0.2) is 37.6 Å². The molecule has 1 atom stereocenters. The van der Waals surface area contributed by atoms with Crippen LogP contribution in [0.5, 0.6) is 5.75 Å². The molecular formula is C17H26N2O2. The predicted molar refractivity (Wildman–Crippen MR) is 84.5 cm³/mol. The molecule has 1 amide bonds. The Kier molecular flexibility index (Phi) is 6.05. The topological polar surface area (TPSA) is 41.6 Å². The van der Waals surface area contributed by atoms with Crippen LogP contribution >= 0.6 is 0 Å². The number of piperidine rings is 1. The van der Waals surface area contributed by atoms with Crippen molar-refractivity contribution in [3.8, 4) is 5.75 Å². The second-order valence-corrected chi connectivity index (χ2v) is 5.54. The molecule has 21 heavy (non-hydrogen) atoms. The van der Waals surface area contributed by atoms with Crippen LogP contribution in [0.3, 0.4) is 0 Å². The first kappa shape index (κ1) is 15.8. The van der Waals surface area contributed by atoms with E-state index in [1.807, 2.05) is 19.1 Å². The summed E-state index contributed by atoms with van der Waals surface area (Å²) >= 11 is 0. The summed E-state index contributed by atoms with van der Waals surface area (Å²) in [4.78, 5) is 14.1. The fourth-order valence-electron chi connectivity index (χ4n) is 2.85. The molecule has 0 radical (unpaired) electrons. The summed E-state index contributed by atoms with van der Waals surface area (Å²) in [7, 11) is 1.68. The minimum absolute atomic E-state index is 0.116. The van der Waals surface area contributed by atoms with E-state index in [1.165, 1.54) is 24.8 Å². The molecular weight excluding hydrogens is 264 g/mol. The quantitative estimate of drug-likeness (QED) is 0.876. The second kappa shape index (κ2) is 8.03. The Morgan fingerprint density at radius 2 is 1.90 bits per heavy atom. The first-order valence-corrected chi connectivity index (χ1v) is 7.89. The Bertz CT molecular complexity index is 439. The van der Waals surface area contributed by atoms with Gasteiger partial charge in [0.2, 0.25) is 5.91 Å². The summed E-state index contributed by atoms with van der Waals surface area (Å²) in [6.45, 7) is 4.79. The Balaban J connectivity index is 2.10. The number of nitrogens with zero attached hydrogens (tertiary/aromatic N) is 1. The third-order valence-electron chi connectivity index (χ3n) is 4.15. The number of hydrogen-bond acceptors (Lipinski definition) is 3. The Morgan fingerprint density at radius 3 is 2.48 bits per heavy atom. The largest absolute Gasteiger partial charge is 0.497 e. The fourth-order valence-corrected chi connectivity index (χ4v) is 2.85. The van der Waals surface area contributed by atoms with Crippen molar-refractivity contribution in [3.63, 3.8) is 0 Å². The molecule has 1 aliphatic rings. The molecule has 4 heteroatoms. The lowest BCUT2D eigenvalue weighted by Gasteiger charge is -2.35. The van der Waals surface area contributed by atoms with Crippen molar-refractivity contribution in [2.75, 3.05) is 26.7 Å².